The second kappa shape index (κ2) is 9.16. The predicted molar refractivity (Wildman–Crippen MR) is 118 cm³/mol. The second-order valence-corrected chi connectivity index (χ2v) is 7.18. The quantitative estimate of drug-likeness (QED) is 0.484. The van der Waals surface area contributed by atoms with E-state index >= 15 is 0 Å². The minimum Gasteiger partial charge on any atom is -0.356 e. The number of nitrogens with one attached hydrogen (secondary N) is 1. The molecular formula is C26H24N2O. The molecule has 0 radical (unpaired) electrons. The number of fused-ring (bicyclic) bond motifs is 1. The van der Waals surface area contributed by atoms with Gasteiger partial charge < -0.3 is 5.32 Å². The first-order valence-electron chi connectivity index (χ1n) is 10.0. The molecule has 4 rings (SSSR count). The fraction of sp³-hybridized carbons (Fsp3) is 0.154. The summed E-state index contributed by atoms with van der Waals surface area (Å²) in [5.74, 6) is 0.292. The highest BCUT2D eigenvalue weighted by Crippen LogP contribution is 2.27. The zero-order valence-electron chi connectivity index (χ0n) is 16.3. The molecule has 144 valence electrons. The van der Waals surface area contributed by atoms with Gasteiger partial charge in [-0.15, -0.1) is 0 Å². The molecule has 1 aromatic heterocycles. The maximum absolute atomic E-state index is 12.6. The van der Waals surface area contributed by atoms with Gasteiger partial charge in [0.25, 0.3) is 0 Å². The fourth-order valence-corrected chi connectivity index (χ4v) is 3.80. The van der Waals surface area contributed by atoms with Crippen molar-refractivity contribution < 1.29 is 4.79 Å². The average Bonchev–Trinajstić information content (AvgIpc) is 2.78. The Balaban J connectivity index is 1.41. The van der Waals surface area contributed by atoms with Gasteiger partial charge in [0.05, 0.1) is 11.9 Å². The van der Waals surface area contributed by atoms with E-state index in [2.05, 4.69) is 58.8 Å². The lowest BCUT2D eigenvalue weighted by molar-refractivity contribution is -0.120. The molecule has 0 aliphatic heterocycles. The molecule has 0 unspecified atom stereocenters. The molecule has 3 heteroatoms. The van der Waals surface area contributed by atoms with Crippen molar-refractivity contribution in [2.75, 3.05) is 6.54 Å². The smallest absolute Gasteiger partial charge is 0.224 e. The molecule has 0 saturated carbocycles. The summed E-state index contributed by atoms with van der Waals surface area (Å²) in [6, 6.07) is 30.9. The number of carbonyl (C=O) groups is 1. The van der Waals surface area contributed by atoms with Crippen LogP contribution in [0.4, 0.5) is 0 Å². The van der Waals surface area contributed by atoms with Crippen LogP contribution in [0.1, 0.15) is 29.0 Å². The zero-order valence-corrected chi connectivity index (χ0v) is 16.3. The van der Waals surface area contributed by atoms with Crippen LogP contribution < -0.4 is 5.32 Å². The van der Waals surface area contributed by atoms with Crippen LogP contribution in [0.25, 0.3) is 10.9 Å². The highest BCUT2D eigenvalue weighted by Gasteiger charge is 2.14. The van der Waals surface area contributed by atoms with Crippen LogP contribution >= 0.6 is 0 Å². The third-order valence-corrected chi connectivity index (χ3v) is 5.23. The molecule has 0 atom stereocenters. The maximum Gasteiger partial charge on any atom is 0.224 e. The van der Waals surface area contributed by atoms with E-state index in [-0.39, 0.29) is 11.8 Å². The molecule has 0 aliphatic rings. The van der Waals surface area contributed by atoms with Crippen LogP contribution in [0, 0.1) is 0 Å². The Labute approximate surface area is 171 Å². The van der Waals surface area contributed by atoms with Crippen LogP contribution in [0.15, 0.2) is 97.2 Å². The Hall–Kier alpha value is -3.46. The molecule has 3 nitrogen and oxygen atoms in total. The van der Waals surface area contributed by atoms with E-state index in [1.807, 2.05) is 42.5 Å². The summed E-state index contributed by atoms with van der Waals surface area (Å²) in [4.78, 5) is 17.0. The molecule has 0 bridgehead atoms. The molecule has 0 saturated heterocycles. The van der Waals surface area contributed by atoms with Gasteiger partial charge in [-0.3, -0.25) is 9.78 Å². The lowest BCUT2D eigenvalue weighted by Crippen LogP contribution is -2.27. The Bertz CT molecular complexity index is 1030. The molecule has 29 heavy (non-hydrogen) atoms. The number of hydrogen-bond donors (Lipinski definition) is 1. The number of amides is 1. The predicted octanol–water partition coefficient (Wildman–Crippen LogP) is 5.12. The van der Waals surface area contributed by atoms with E-state index in [4.69, 9.17) is 0 Å². The summed E-state index contributed by atoms with van der Waals surface area (Å²) in [5, 5.41) is 4.16. The number of hydrogen-bond acceptors (Lipinski definition) is 2. The summed E-state index contributed by atoms with van der Waals surface area (Å²) in [5.41, 5.74) is 4.40. The fourth-order valence-electron chi connectivity index (χ4n) is 3.80. The van der Waals surface area contributed by atoms with E-state index in [1.165, 1.54) is 11.1 Å². The minimum absolute atomic E-state index is 0.0306. The Kier molecular flexibility index (Phi) is 5.96. The van der Waals surface area contributed by atoms with Gasteiger partial charge in [-0.25, -0.2) is 0 Å². The average molecular weight is 380 g/mol. The van der Waals surface area contributed by atoms with Gasteiger partial charge in [0.1, 0.15) is 0 Å². The van der Waals surface area contributed by atoms with Crippen molar-refractivity contribution >= 4 is 16.8 Å². The maximum atomic E-state index is 12.6. The third-order valence-electron chi connectivity index (χ3n) is 5.23. The molecule has 1 amide bonds. The topological polar surface area (TPSA) is 42.0 Å². The zero-order chi connectivity index (χ0) is 19.9. The molecule has 1 N–H and O–H groups in total. The summed E-state index contributed by atoms with van der Waals surface area (Å²) in [6.45, 7) is 0.630. The normalized spacial score (nSPS) is 10.9. The summed E-state index contributed by atoms with van der Waals surface area (Å²) in [6.07, 6.45) is 2.97. The minimum atomic E-state index is 0.0306. The number of benzene rings is 3. The van der Waals surface area contributed by atoms with E-state index in [1.54, 1.807) is 6.20 Å². The van der Waals surface area contributed by atoms with Crippen molar-refractivity contribution in [3.8, 4) is 0 Å². The molecular weight excluding hydrogens is 356 g/mol. The number of para-hydroxylation sites is 1. The van der Waals surface area contributed by atoms with Crippen LogP contribution in [0.2, 0.25) is 0 Å². The van der Waals surface area contributed by atoms with Gasteiger partial charge in [-0.05, 0) is 29.2 Å². The Morgan fingerprint density at radius 2 is 1.45 bits per heavy atom. The lowest BCUT2D eigenvalue weighted by atomic mass is 9.88. The van der Waals surface area contributed by atoms with Gasteiger partial charge in [0.2, 0.25) is 5.91 Å². The van der Waals surface area contributed by atoms with Crippen LogP contribution in [0.3, 0.4) is 0 Å². The van der Waals surface area contributed by atoms with Gasteiger partial charge in [0, 0.05) is 24.0 Å². The number of pyridine rings is 1. The highest BCUT2D eigenvalue weighted by molar-refractivity contribution is 5.87. The molecule has 3 aromatic carbocycles. The van der Waals surface area contributed by atoms with Crippen molar-refractivity contribution in [1.29, 1.82) is 0 Å². The second-order valence-electron chi connectivity index (χ2n) is 7.18. The van der Waals surface area contributed by atoms with Crippen molar-refractivity contribution in [1.82, 2.24) is 10.3 Å². The Morgan fingerprint density at radius 1 is 0.793 bits per heavy atom. The van der Waals surface area contributed by atoms with Crippen molar-refractivity contribution in [3.63, 3.8) is 0 Å². The molecule has 0 spiro atoms. The van der Waals surface area contributed by atoms with E-state index in [0.29, 0.717) is 13.0 Å². The summed E-state index contributed by atoms with van der Waals surface area (Å²) in [7, 11) is 0. The van der Waals surface area contributed by atoms with Gasteiger partial charge in [0.15, 0.2) is 0 Å². The summed E-state index contributed by atoms with van der Waals surface area (Å²) >= 11 is 0. The van der Waals surface area contributed by atoms with Crippen molar-refractivity contribution in [2.45, 2.75) is 18.8 Å². The summed E-state index contributed by atoms with van der Waals surface area (Å²) < 4.78 is 0. The standard InChI is InChI=1S/C26H24N2O/c29-25(19-23-14-7-13-22-15-8-17-28-26(22)23)27-18-16-24(20-9-3-1-4-10-20)21-11-5-2-6-12-21/h1-15,17,24H,16,18-19H2,(H,27,29). The first-order chi connectivity index (χ1) is 14.3. The molecule has 0 fully saturated rings. The first kappa shape index (κ1) is 18.9. The van der Waals surface area contributed by atoms with E-state index in [9.17, 15) is 4.79 Å². The monoisotopic (exact) mass is 380 g/mol. The van der Waals surface area contributed by atoms with Crippen LogP contribution in [0.5, 0.6) is 0 Å². The number of aromatic nitrogens is 1. The molecule has 1 heterocycles. The van der Waals surface area contributed by atoms with Gasteiger partial charge in [-0.2, -0.15) is 0 Å². The highest BCUT2D eigenvalue weighted by atomic mass is 16.1. The van der Waals surface area contributed by atoms with Gasteiger partial charge >= 0.3 is 0 Å². The van der Waals surface area contributed by atoms with Crippen LogP contribution in [-0.4, -0.2) is 17.4 Å². The first-order valence-corrected chi connectivity index (χ1v) is 10.0. The third kappa shape index (κ3) is 4.69. The van der Waals surface area contributed by atoms with Crippen molar-refractivity contribution in [2.24, 2.45) is 0 Å². The largest absolute Gasteiger partial charge is 0.356 e. The number of carbonyl (C=O) groups excluding carboxylic acids is 1. The molecule has 4 aromatic rings. The Morgan fingerprint density at radius 3 is 2.14 bits per heavy atom. The van der Waals surface area contributed by atoms with Crippen molar-refractivity contribution in [3.05, 3.63) is 114 Å². The molecule has 0 aliphatic carbocycles. The van der Waals surface area contributed by atoms with E-state index < -0.39 is 0 Å². The number of rotatable bonds is 7. The van der Waals surface area contributed by atoms with E-state index in [0.717, 1.165) is 22.9 Å². The SMILES string of the molecule is O=C(Cc1cccc2cccnc12)NCCC(c1ccccc1)c1ccccc1. The lowest BCUT2D eigenvalue weighted by Gasteiger charge is -2.18. The van der Waals surface area contributed by atoms with Gasteiger partial charge in [-0.1, -0.05) is 84.9 Å². The number of nitrogens with zero attached hydrogens (tertiary/aromatic N) is 1. The van der Waals surface area contributed by atoms with Crippen LogP contribution in [-0.2, 0) is 11.2 Å².